The molecule has 0 radical (unpaired) electrons. The molecule has 0 heterocycles. The summed E-state index contributed by atoms with van der Waals surface area (Å²) in [5, 5.41) is 0. The average Bonchev–Trinajstić information content (AvgIpc) is 2.52. The summed E-state index contributed by atoms with van der Waals surface area (Å²) in [4.78, 5) is 23.7. The van der Waals surface area contributed by atoms with Gasteiger partial charge in [0.1, 0.15) is 5.60 Å². The summed E-state index contributed by atoms with van der Waals surface area (Å²) in [6.07, 6.45) is 9.07. The molecule has 0 N–H and O–H groups in total. The highest BCUT2D eigenvalue weighted by atomic mass is 16.6. The van der Waals surface area contributed by atoms with Crippen LogP contribution < -0.4 is 0 Å². The van der Waals surface area contributed by atoms with E-state index >= 15 is 0 Å². The van der Waals surface area contributed by atoms with E-state index in [9.17, 15) is 9.59 Å². The number of hydrogen-bond acceptors (Lipinski definition) is 4. The number of esters is 2. The van der Waals surface area contributed by atoms with Gasteiger partial charge in [-0.25, -0.2) is 4.79 Å². The molecule has 2 saturated carbocycles. The van der Waals surface area contributed by atoms with Crippen LogP contribution >= 0.6 is 0 Å². The molecule has 0 saturated heterocycles. The standard InChI is InChI=1S/C24H40O4/c1-8-27-21(26)16-17(2)10-11-20-23(6)14-9-13-22(4,5)19(23)12-15-24(20,7)28-18(3)25/h16,19-20H,8-15H2,1-7H3/t19-,20+,23-,24-/m0/s1. The first-order valence-corrected chi connectivity index (χ1v) is 11.0. The summed E-state index contributed by atoms with van der Waals surface area (Å²) < 4.78 is 11.0. The Bertz CT molecular complexity index is 620. The minimum Gasteiger partial charge on any atom is -0.463 e. The third kappa shape index (κ3) is 4.80. The number of ether oxygens (including phenoxy) is 2. The van der Waals surface area contributed by atoms with Crippen LogP contribution in [0, 0.1) is 22.7 Å². The Kier molecular flexibility index (Phi) is 7.04. The fourth-order valence-corrected chi connectivity index (χ4v) is 6.52. The SMILES string of the molecule is CCOC(=O)C=C(C)CC[C@@H]1[C@@]2(C)CCCC(C)(C)[C@@H]2CC[C@]1(C)OC(C)=O. The van der Waals surface area contributed by atoms with Gasteiger partial charge >= 0.3 is 11.9 Å². The first kappa shape index (κ1) is 23.0. The Morgan fingerprint density at radius 3 is 2.36 bits per heavy atom. The van der Waals surface area contributed by atoms with Gasteiger partial charge < -0.3 is 9.47 Å². The van der Waals surface area contributed by atoms with Crippen LogP contribution in [-0.2, 0) is 19.1 Å². The number of carbonyl (C=O) groups is 2. The largest absolute Gasteiger partial charge is 0.463 e. The van der Waals surface area contributed by atoms with Crippen molar-refractivity contribution in [1.82, 2.24) is 0 Å². The zero-order chi connectivity index (χ0) is 21.2. The predicted octanol–water partition coefficient (Wildman–Crippen LogP) is 5.84. The molecular weight excluding hydrogens is 352 g/mol. The summed E-state index contributed by atoms with van der Waals surface area (Å²) in [6, 6.07) is 0. The van der Waals surface area contributed by atoms with Crippen LogP contribution in [0.5, 0.6) is 0 Å². The van der Waals surface area contributed by atoms with Crippen molar-refractivity contribution in [3.05, 3.63) is 11.6 Å². The fourth-order valence-electron chi connectivity index (χ4n) is 6.52. The van der Waals surface area contributed by atoms with E-state index in [0.29, 0.717) is 17.9 Å². The van der Waals surface area contributed by atoms with Crippen molar-refractivity contribution in [2.45, 2.75) is 99.0 Å². The van der Waals surface area contributed by atoms with Crippen molar-refractivity contribution in [2.75, 3.05) is 6.61 Å². The van der Waals surface area contributed by atoms with Crippen LogP contribution in [0.25, 0.3) is 0 Å². The maximum atomic E-state index is 11.9. The van der Waals surface area contributed by atoms with E-state index in [0.717, 1.165) is 31.3 Å². The van der Waals surface area contributed by atoms with Gasteiger partial charge in [-0.15, -0.1) is 0 Å². The number of carbonyl (C=O) groups excluding carboxylic acids is 2. The van der Waals surface area contributed by atoms with E-state index in [1.807, 2.05) is 13.8 Å². The van der Waals surface area contributed by atoms with Gasteiger partial charge in [-0.2, -0.15) is 0 Å². The Hall–Kier alpha value is -1.32. The highest BCUT2D eigenvalue weighted by molar-refractivity contribution is 5.82. The third-order valence-corrected chi connectivity index (χ3v) is 7.59. The molecule has 28 heavy (non-hydrogen) atoms. The molecule has 0 bridgehead atoms. The van der Waals surface area contributed by atoms with Crippen molar-refractivity contribution in [3.63, 3.8) is 0 Å². The summed E-state index contributed by atoms with van der Waals surface area (Å²) in [5.74, 6) is 0.460. The second-order valence-corrected chi connectivity index (χ2v) is 10.2. The number of fused-ring (bicyclic) bond motifs is 1. The Labute approximate surface area is 171 Å². The normalized spacial score (nSPS) is 35.0. The first-order valence-electron chi connectivity index (χ1n) is 11.0. The number of hydrogen-bond donors (Lipinski definition) is 0. The van der Waals surface area contributed by atoms with Crippen LogP contribution in [-0.4, -0.2) is 24.1 Å². The van der Waals surface area contributed by atoms with Gasteiger partial charge in [-0.05, 0) is 76.0 Å². The topological polar surface area (TPSA) is 52.6 Å². The van der Waals surface area contributed by atoms with Crippen LogP contribution in [0.2, 0.25) is 0 Å². The molecule has 0 aliphatic heterocycles. The minimum atomic E-state index is -0.436. The molecule has 0 unspecified atom stereocenters. The Balaban J connectivity index is 2.29. The molecule has 4 heteroatoms. The molecule has 0 aromatic rings. The lowest BCUT2D eigenvalue weighted by Crippen LogP contribution is -2.58. The lowest BCUT2D eigenvalue weighted by atomic mass is 9.45. The van der Waals surface area contributed by atoms with Gasteiger partial charge in [0.2, 0.25) is 0 Å². The van der Waals surface area contributed by atoms with Gasteiger partial charge in [0.05, 0.1) is 6.61 Å². The van der Waals surface area contributed by atoms with Gasteiger partial charge in [-0.3, -0.25) is 4.79 Å². The molecule has 2 fully saturated rings. The van der Waals surface area contributed by atoms with Crippen molar-refractivity contribution < 1.29 is 19.1 Å². The molecular formula is C24H40O4. The summed E-state index contributed by atoms with van der Waals surface area (Å²) in [7, 11) is 0. The molecule has 160 valence electrons. The van der Waals surface area contributed by atoms with Gasteiger partial charge in [0.15, 0.2) is 0 Å². The van der Waals surface area contributed by atoms with Crippen molar-refractivity contribution >= 4 is 11.9 Å². The van der Waals surface area contributed by atoms with E-state index in [1.54, 1.807) is 6.08 Å². The lowest BCUT2D eigenvalue weighted by molar-refractivity contribution is -0.199. The van der Waals surface area contributed by atoms with E-state index < -0.39 is 5.60 Å². The van der Waals surface area contributed by atoms with Crippen LogP contribution in [0.1, 0.15) is 93.4 Å². The summed E-state index contributed by atoms with van der Waals surface area (Å²) in [5.41, 5.74) is 1.06. The highest BCUT2D eigenvalue weighted by Gasteiger charge is 2.59. The highest BCUT2D eigenvalue weighted by Crippen LogP contribution is 2.63. The fraction of sp³-hybridized carbons (Fsp3) is 0.833. The molecule has 0 amide bonds. The lowest BCUT2D eigenvalue weighted by Gasteiger charge is -2.62. The maximum absolute atomic E-state index is 11.9. The van der Waals surface area contributed by atoms with Crippen LogP contribution in [0.15, 0.2) is 11.6 Å². The van der Waals surface area contributed by atoms with Gasteiger partial charge in [0.25, 0.3) is 0 Å². The molecule has 2 rings (SSSR count). The summed E-state index contributed by atoms with van der Waals surface area (Å²) in [6.45, 7) is 15.1. The molecule has 2 aliphatic carbocycles. The Morgan fingerprint density at radius 2 is 1.75 bits per heavy atom. The molecule has 4 nitrogen and oxygen atoms in total. The molecule has 2 aliphatic rings. The molecule has 0 spiro atoms. The van der Waals surface area contributed by atoms with Crippen molar-refractivity contribution in [3.8, 4) is 0 Å². The van der Waals surface area contributed by atoms with Crippen LogP contribution in [0.4, 0.5) is 0 Å². The Morgan fingerprint density at radius 1 is 1.07 bits per heavy atom. The van der Waals surface area contributed by atoms with E-state index in [-0.39, 0.29) is 23.3 Å². The monoisotopic (exact) mass is 392 g/mol. The second kappa shape index (κ2) is 8.59. The van der Waals surface area contributed by atoms with E-state index in [1.165, 1.54) is 26.2 Å². The van der Waals surface area contributed by atoms with Crippen molar-refractivity contribution in [1.29, 1.82) is 0 Å². The van der Waals surface area contributed by atoms with Crippen molar-refractivity contribution in [2.24, 2.45) is 22.7 Å². The predicted molar refractivity (Wildman–Crippen MR) is 112 cm³/mol. The third-order valence-electron chi connectivity index (χ3n) is 7.59. The molecule has 4 atom stereocenters. The number of allylic oxidation sites excluding steroid dienone is 1. The average molecular weight is 393 g/mol. The van der Waals surface area contributed by atoms with E-state index in [4.69, 9.17) is 9.47 Å². The zero-order valence-corrected chi connectivity index (χ0v) is 19.0. The number of rotatable bonds is 6. The smallest absolute Gasteiger partial charge is 0.330 e. The van der Waals surface area contributed by atoms with Gasteiger partial charge in [0, 0.05) is 18.9 Å². The first-order chi connectivity index (χ1) is 12.9. The van der Waals surface area contributed by atoms with E-state index in [2.05, 4.69) is 27.7 Å². The van der Waals surface area contributed by atoms with Gasteiger partial charge in [-0.1, -0.05) is 32.8 Å². The molecule has 0 aromatic carbocycles. The quantitative estimate of drug-likeness (QED) is 0.421. The van der Waals surface area contributed by atoms with Crippen LogP contribution in [0.3, 0.4) is 0 Å². The summed E-state index contributed by atoms with van der Waals surface area (Å²) >= 11 is 0. The molecule has 0 aromatic heterocycles. The minimum absolute atomic E-state index is 0.147. The maximum Gasteiger partial charge on any atom is 0.330 e. The second-order valence-electron chi connectivity index (χ2n) is 10.2. The zero-order valence-electron chi connectivity index (χ0n) is 19.0.